The van der Waals surface area contributed by atoms with Crippen LogP contribution >= 0.6 is 0 Å². The molecule has 0 N–H and O–H groups in total. The third-order valence-corrected chi connectivity index (χ3v) is 3.31. The molecule has 104 valence electrons. The van der Waals surface area contributed by atoms with Crippen LogP contribution in [0.15, 0.2) is 30.3 Å². The molecule has 1 heterocycles. The minimum absolute atomic E-state index is 0.129. The van der Waals surface area contributed by atoms with Gasteiger partial charge in [0, 0.05) is 7.05 Å². The lowest BCUT2D eigenvalue weighted by molar-refractivity contribution is 0.448. The summed E-state index contributed by atoms with van der Waals surface area (Å²) in [5.74, 6) is -3.97. The van der Waals surface area contributed by atoms with Crippen LogP contribution in [0.3, 0.4) is 0 Å². The van der Waals surface area contributed by atoms with E-state index in [4.69, 9.17) is 5.26 Å². The Hall–Kier alpha value is -2.81. The average molecular weight is 287 g/mol. The first kappa shape index (κ1) is 13.2. The third-order valence-electron chi connectivity index (χ3n) is 3.31. The van der Waals surface area contributed by atoms with E-state index in [1.165, 1.54) is 4.57 Å². The fraction of sp³-hybridized carbons (Fsp3) is 0.0667. The Morgan fingerprint density at radius 2 is 1.86 bits per heavy atom. The van der Waals surface area contributed by atoms with E-state index < -0.39 is 17.5 Å². The van der Waals surface area contributed by atoms with Crippen LogP contribution in [0.1, 0.15) is 5.56 Å². The topological polar surface area (TPSA) is 41.6 Å². The van der Waals surface area contributed by atoms with Crippen LogP contribution in [-0.2, 0) is 7.05 Å². The molecule has 0 aliphatic rings. The molecule has 0 radical (unpaired) electrons. The largest absolute Gasteiger partial charge is 0.327 e. The molecule has 3 rings (SSSR count). The predicted molar refractivity (Wildman–Crippen MR) is 70.7 cm³/mol. The van der Waals surface area contributed by atoms with Crippen molar-refractivity contribution in [3.05, 3.63) is 53.3 Å². The lowest BCUT2D eigenvalue weighted by atomic mass is 10.2. The van der Waals surface area contributed by atoms with Gasteiger partial charge in [-0.15, -0.1) is 0 Å². The van der Waals surface area contributed by atoms with Crippen LogP contribution in [0.4, 0.5) is 13.2 Å². The number of para-hydroxylation sites is 1. The van der Waals surface area contributed by atoms with E-state index in [1.807, 2.05) is 6.07 Å². The van der Waals surface area contributed by atoms with E-state index in [1.54, 1.807) is 25.2 Å². The highest BCUT2D eigenvalue weighted by molar-refractivity contribution is 5.85. The highest BCUT2D eigenvalue weighted by Crippen LogP contribution is 2.29. The lowest BCUT2D eigenvalue weighted by Crippen LogP contribution is -1.99. The van der Waals surface area contributed by atoms with E-state index in [0.29, 0.717) is 16.6 Å². The van der Waals surface area contributed by atoms with Crippen LogP contribution in [0.5, 0.6) is 0 Å². The van der Waals surface area contributed by atoms with Gasteiger partial charge in [0.2, 0.25) is 0 Å². The van der Waals surface area contributed by atoms with Gasteiger partial charge in [-0.1, -0.05) is 6.07 Å². The van der Waals surface area contributed by atoms with Gasteiger partial charge in [-0.3, -0.25) is 0 Å². The second kappa shape index (κ2) is 4.63. The van der Waals surface area contributed by atoms with E-state index in [9.17, 15) is 13.2 Å². The minimum Gasteiger partial charge on any atom is -0.327 e. The summed E-state index contributed by atoms with van der Waals surface area (Å²) >= 11 is 0. The van der Waals surface area contributed by atoms with Gasteiger partial charge < -0.3 is 4.57 Å². The van der Waals surface area contributed by atoms with Gasteiger partial charge in [-0.2, -0.15) is 5.26 Å². The van der Waals surface area contributed by atoms with Crippen molar-refractivity contribution in [1.29, 1.82) is 5.26 Å². The quantitative estimate of drug-likeness (QED) is 0.642. The Labute approximate surface area is 117 Å². The first-order valence-electron chi connectivity index (χ1n) is 6.04. The van der Waals surface area contributed by atoms with E-state index in [0.717, 1.165) is 12.1 Å². The average Bonchev–Trinajstić information content (AvgIpc) is 2.82. The molecule has 2 aromatic carbocycles. The molecule has 3 aromatic rings. The molecular formula is C15H8F3N3. The van der Waals surface area contributed by atoms with Gasteiger partial charge in [0.15, 0.2) is 17.5 Å². The molecule has 1 aromatic heterocycles. The molecule has 0 amide bonds. The first-order valence-corrected chi connectivity index (χ1v) is 6.04. The Kier molecular flexibility index (Phi) is 2.91. The molecule has 0 unspecified atom stereocenters. The fourth-order valence-electron chi connectivity index (χ4n) is 2.24. The molecule has 6 heteroatoms. The van der Waals surface area contributed by atoms with Crippen molar-refractivity contribution in [3.63, 3.8) is 0 Å². The zero-order valence-electron chi connectivity index (χ0n) is 10.9. The molecule has 0 bridgehead atoms. The predicted octanol–water partition coefficient (Wildman–Crippen LogP) is 3.53. The lowest BCUT2D eigenvalue weighted by Gasteiger charge is -2.05. The summed E-state index contributed by atoms with van der Waals surface area (Å²) < 4.78 is 41.8. The van der Waals surface area contributed by atoms with Gasteiger partial charge in [0.05, 0.1) is 16.6 Å². The van der Waals surface area contributed by atoms with Crippen molar-refractivity contribution in [1.82, 2.24) is 9.55 Å². The number of hydrogen-bond acceptors (Lipinski definition) is 2. The number of imidazole rings is 1. The summed E-state index contributed by atoms with van der Waals surface area (Å²) in [5, 5.41) is 9.06. The zero-order valence-corrected chi connectivity index (χ0v) is 10.9. The number of fused-ring (bicyclic) bond motifs is 1. The second-order valence-corrected chi connectivity index (χ2v) is 4.50. The van der Waals surface area contributed by atoms with E-state index in [-0.39, 0.29) is 11.4 Å². The summed E-state index contributed by atoms with van der Waals surface area (Å²) in [5.41, 5.74) is 1.17. The van der Waals surface area contributed by atoms with Gasteiger partial charge in [0.1, 0.15) is 17.4 Å². The molecule has 21 heavy (non-hydrogen) atoms. The van der Waals surface area contributed by atoms with Crippen LogP contribution in [0, 0.1) is 28.8 Å². The van der Waals surface area contributed by atoms with Crippen LogP contribution in [-0.4, -0.2) is 9.55 Å². The molecule has 0 saturated heterocycles. The fourth-order valence-corrected chi connectivity index (χ4v) is 2.24. The number of hydrogen-bond donors (Lipinski definition) is 0. The molecule has 0 saturated carbocycles. The number of aromatic nitrogens is 2. The van der Waals surface area contributed by atoms with E-state index in [2.05, 4.69) is 4.98 Å². The van der Waals surface area contributed by atoms with Gasteiger partial charge in [-0.05, 0) is 24.3 Å². The maximum absolute atomic E-state index is 13.9. The summed E-state index contributed by atoms with van der Waals surface area (Å²) in [7, 11) is 1.62. The monoisotopic (exact) mass is 287 g/mol. The summed E-state index contributed by atoms with van der Waals surface area (Å²) in [4.78, 5) is 4.20. The van der Waals surface area contributed by atoms with Crippen molar-refractivity contribution in [2.24, 2.45) is 7.05 Å². The normalized spacial score (nSPS) is 10.8. The van der Waals surface area contributed by atoms with Crippen molar-refractivity contribution >= 4 is 11.0 Å². The Morgan fingerprint density at radius 1 is 1.10 bits per heavy atom. The van der Waals surface area contributed by atoms with Gasteiger partial charge in [-0.25, -0.2) is 18.2 Å². The number of nitrogens with zero attached hydrogens (tertiary/aromatic N) is 3. The number of nitriles is 1. The summed E-state index contributed by atoms with van der Waals surface area (Å²) in [6.07, 6.45) is 0. The van der Waals surface area contributed by atoms with Crippen molar-refractivity contribution in [3.8, 4) is 17.5 Å². The third kappa shape index (κ3) is 1.86. The molecule has 0 aliphatic heterocycles. The smallest absolute Gasteiger partial charge is 0.195 e. The first-order chi connectivity index (χ1) is 10.0. The van der Waals surface area contributed by atoms with Gasteiger partial charge in [0.25, 0.3) is 0 Å². The minimum atomic E-state index is -1.54. The molecule has 0 atom stereocenters. The molecule has 0 spiro atoms. The number of benzene rings is 2. The number of halogens is 3. The Morgan fingerprint density at radius 3 is 2.57 bits per heavy atom. The maximum Gasteiger partial charge on any atom is 0.195 e. The van der Waals surface area contributed by atoms with Gasteiger partial charge >= 0.3 is 0 Å². The number of rotatable bonds is 1. The maximum atomic E-state index is 13.9. The van der Waals surface area contributed by atoms with Crippen molar-refractivity contribution in [2.45, 2.75) is 0 Å². The van der Waals surface area contributed by atoms with Crippen LogP contribution in [0.25, 0.3) is 22.4 Å². The zero-order chi connectivity index (χ0) is 15.1. The highest BCUT2D eigenvalue weighted by Gasteiger charge is 2.20. The van der Waals surface area contributed by atoms with Crippen LogP contribution in [0.2, 0.25) is 0 Å². The van der Waals surface area contributed by atoms with Crippen LogP contribution < -0.4 is 0 Å². The SMILES string of the molecule is Cn1c(-c2ccc(F)c(F)c2F)nc2c(C#N)cccc21. The molecule has 3 nitrogen and oxygen atoms in total. The summed E-state index contributed by atoms with van der Waals surface area (Å²) in [6, 6.07) is 8.94. The molecule has 0 fully saturated rings. The number of aryl methyl sites for hydroxylation is 1. The van der Waals surface area contributed by atoms with E-state index >= 15 is 0 Å². The summed E-state index contributed by atoms with van der Waals surface area (Å²) in [6.45, 7) is 0. The molecule has 0 aliphatic carbocycles. The second-order valence-electron chi connectivity index (χ2n) is 4.50. The van der Waals surface area contributed by atoms with Crippen molar-refractivity contribution < 1.29 is 13.2 Å². The highest BCUT2D eigenvalue weighted by atomic mass is 19.2. The Bertz CT molecular complexity index is 907. The Balaban J connectivity index is 2.35. The molecular weight excluding hydrogens is 279 g/mol. The standard InChI is InChI=1S/C15H8F3N3/c1-21-11-4-2-3-8(7-19)14(11)20-15(21)9-5-6-10(16)13(18)12(9)17/h2-6H,1H3. The van der Waals surface area contributed by atoms with Crippen molar-refractivity contribution in [2.75, 3.05) is 0 Å².